The molecule has 0 aromatic heterocycles. The van der Waals surface area contributed by atoms with Gasteiger partial charge in [-0.3, -0.25) is 14.4 Å². The molecule has 0 aromatic rings. The van der Waals surface area contributed by atoms with E-state index in [-0.39, 0.29) is 31.1 Å². The molecular weight excluding hydrogens is 1010 g/mol. The Morgan fingerprint density at radius 1 is 0.256 bits per heavy atom. The molecule has 0 amide bonds. The SMILES string of the molecule is CC/C=C\C/C=C\C/C=C\C/C=C\C/C=C\C/C=C\C/C=C\C/C=C\C/C=C\CCCCCCCCCC(=O)OCC(COC(=O)CCCCCCC/C=C\CCC)OC(=O)CCCCCCCCCCCCCCCCCCCCC. The van der Waals surface area contributed by atoms with Crippen molar-refractivity contribution in [2.24, 2.45) is 0 Å². The van der Waals surface area contributed by atoms with Crippen molar-refractivity contribution in [3.8, 4) is 0 Å². The van der Waals surface area contributed by atoms with E-state index in [0.29, 0.717) is 19.3 Å². The molecule has 6 heteroatoms. The average Bonchev–Trinajstić information content (AvgIpc) is 3.48. The zero-order chi connectivity index (χ0) is 59.2. The fourth-order valence-electron chi connectivity index (χ4n) is 9.56. The molecule has 0 bridgehead atoms. The highest BCUT2D eigenvalue weighted by molar-refractivity contribution is 5.71. The first-order chi connectivity index (χ1) is 40.5. The van der Waals surface area contributed by atoms with Gasteiger partial charge >= 0.3 is 17.9 Å². The van der Waals surface area contributed by atoms with Crippen LogP contribution < -0.4 is 0 Å². The van der Waals surface area contributed by atoms with E-state index in [9.17, 15) is 14.4 Å². The lowest BCUT2D eigenvalue weighted by molar-refractivity contribution is -0.167. The van der Waals surface area contributed by atoms with Crippen LogP contribution in [0.25, 0.3) is 0 Å². The lowest BCUT2D eigenvalue weighted by Crippen LogP contribution is -2.30. The van der Waals surface area contributed by atoms with Gasteiger partial charge in [0.15, 0.2) is 6.10 Å². The molecule has 6 nitrogen and oxygen atoms in total. The van der Waals surface area contributed by atoms with Crippen molar-refractivity contribution < 1.29 is 28.6 Å². The minimum Gasteiger partial charge on any atom is -0.462 e. The molecule has 0 radical (unpaired) electrons. The summed E-state index contributed by atoms with van der Waals surface area (Å²) in [6.45, 7) is 6.48. The second-order valence-electron chi connectivity index (χ2n) is 22.7. The van der Waals surface area contributed by atoms with Gasteiger partial charge in [0, 0.05) is 19.3 Å². The smallest absolute Gasteiger partial charge is 0.306 e. The van der Waals surface area contributed by atoms with Gasteiger partial charge in [0.25, 0.3) is 0 Å². The van der Waals surface area contributed by atoms with E-state index in [0.717, 1.165) is 135 Å². The molecule has 0 saturated carbocycles. The molecule has 1 atom stereocenters. The van der Waals surface area contributed by atoms with Crippen LogP contribution in [-0.2, 0) is 28.6 Å². The van der Waals surface area contributed by atoms with Gasteiger partial charge < -0.3 is 14.2 Å². The summed E-state index contributed by atoms with van der Waals surface area (Å²) in [5.74, 6) is -0.895. The fourth-order valence-corrected chi connectivity index (χ4v) is 9.56. The number of esters is 3. The van der Waals surface area contributed by atoms with Gasteiger partial charge in [-0.15, -0.1) is 0 Å². The van der Waals surface area contributed by atoms with Crippen LogP contribution in [0.4, 0.5) is 0 Å². The van der Waals surface area contributed by atoms with Crippen molar-refractivity contribution in [2.75, 3.05) is 13.2 Å². The molecule has 468 valence electrons. The Balaban J connectivity index is 4.21. The van der Waals surface area contributed by atoms with Crippen LogP contribution in [-0.4, -0.2) is 37.2 Å². The number of hydrogen-bond donors (Lipinski definition) is 0. The highest BCUT2D eigenvalue weighted by Crippen LogP contribution is 2.17. The molecule has 0 aliphatic carbocycles. The maximum atomic E-state index is 12.9. The van der Waals surface area contributed by atoms with Crippen molar-refractivity contribution in [2.45, 2.75) is 329 Å². The van der Waals surface area contributed by atoms with E-state index in [1.165, 1.54) is 148 Å². The molecule has 0 aliphatic heterocycles. The number of carbonyl (C=O) groups excluding carboxylic acids is 3. The van der Waals surface area contributed by atoms with E-state index in [4.69, 9.17) is 14.2 Å². The molecule has 0 fully saturated rings. The van der Waals surface area contributed by atoms with Crippen LogP contribution in [0, 0.1) is 0 Å². The first-order valence-electron chi connectivity index (χ1n) is 34.5. The maximum Gasteiger partial charge on any atom is 0.306 e. The minimum absolute atomic E-state index is 0.0842. The quantitative estimate of drug-likeness (QED) is 0.0261. The van der Waals surface area contributed by atoms with Crippen LogP contribution in [0.5, 0.6) is 0 Å². The molecule has 0 heterocycles. The lowest BCUT2D eigenvalue weighted by Gasteiger charge is -2.18. The maximum absolute atomic E-state index is 12.9. The summed E-state index contributed by atoms with van der Waals surface area (Å²) in [6, 6.07) is 0. The Labute approximate surface area is 507 Å². The van der Waals surface area contributed by atoms with Crippen LogP contribution in [0.3, 0.4) is 0 Å². The normalized spacial score (nSPS) is 12.9. The fraction of sp³-hybridized carbons (Fsp3) is 0.697. The van der Waals surface area contributed by atoms with Gasteiger partial charge in [-0.05, 0) is 109 Å². The van der Waals surface area contributed by atoms with E-state index in [1.54, 1.807) is 0 Å². The average molecular weight is 1140 g/mol. The molecule has 1 unspecified atom stereocenters. The number of carbonyl (C=O) groups is 3. The predicted octanol–water partition coefficient (Wildman–Crippen LogP) is 23.9. The summed E-state index contributed by atoms with van der Waals surface area (Å²) in [6.07, 6.45) is 96.6. The zero-order valence-electron chi connectivity index (χ0n) is 53.7. The number of unbranched alkanes of at least 4 members (excludes halogenated alkanes) is 31. The molecule has 0 saturated heterocycles. The predicted molar refractivity (Wildman–Crippen MR) is 357 cm³/mol. The first-order valence-corrected chi connectivity index (χ1v) is 34.5. The van der Waals surface area contributed by atoms with E-state index in [2.05, 4.69) is 142 Å². The summed E-state index contributed by atoms with van der Waals surface area (Å²) in [5.41, 5.74) is 0. The van der Waals surface area contributed by atoms with Crippen LogP contribution in [0.2, 0.25) is 0 Å². The Morgan fingerprint density at radius 2 is 0.500 bits per heavy atom. The summed E-state index contributed by atoms with van der Waals surface area (Å²) in [7, 11) is 0. The summed E-state index contributed by atoms with van der Waals surface area (Å²) < 4.78 is 16.9. The Kier molecular flexibility index (Phi) is 65.8. The van der Waals surface area contributed by atoms with Gasteiger partial charge in [-0.1, -0.05) is 316 Å². The molecular formula is C76H128O6. The summed E-state index contributed by atoms with van der Waals surface area (Å²) in [4.78, 5) is 38.3. The van der Waals surface area contributed by atoms with Gasteiger partial charge in [-0.25, -0.2) is 0 Å². The third kappa shape index (κ3) is 66.6. The second kappa shape index (κ2) is 69.3. The van der Waals surface area contributed by atoms with Crippen LogP contribution in [0.15, 0.2) is 122 Å². The Morgan fingerprint density at radius 3 is 0.805 bits per heavy atom. The molecule has 82 heavy (non-hydrogen) atoms. The Hall–Kier alpha value is -4.19. The lowest BCUT2D eigenvalue weighted by atomic mass is 10.0. The highest BCUT2D eigenvalue weighted by atomic mass is 16.6. The molecule has 0 rings (SSSR count). The zero-order valence-corrected chi connectivity index (χ0v) is 53.7. The topological polar surface area (TPSA) is 78.9 Å². The largest absolute Gasteiger partial charge is 0.462 e. The van der Waals surface area contributed by atoms with Crippen molar-refractivity contribution in [1.29, 1.82) is 0 Å². The van der Waals surface area contributed by atoms with Gasteiger partial charge in [0.2, 0.25) is 0 Å². The monoisotopic (exact) mass is 1140 g/mol. The van der Waals surface area contributed by atoms with Crippen molar-refractivity contribution >= 4 is 17.9 Å². The first kappa shape index (κ1) is 77.8. The van der Waals surface area contributed by atoms with E-state index < -0.39 is 6.10 Å². The van der Waals surface area contributed by atoms with E-state index >= 15 is 0 Å². The van der Waals surface area contributed by atoms with Crippen LogP contribution in [0.1, 0.15) is 323 Å². The van der Waals surface area contributed by atoms with Gasteiger partial charge in [-0.2, -0.15) is 0 Å². The molecule has 0 aromatic carbocycles. The number of rotatable bonds is 62. The van der Waals surface area contributed by atoms with Crippen molar-refractivity contribution in [3.63, 3.8) is 0 Å². The van der Waals surface area contributed by atoms with Gasteiger partial charge in [0.05, 0.1) is 0 Å². The molecule has 0 spiro atoms. The minimum atomic E-state index is -0.786. The molecule has 0 N–H and O–H groups in total. The van der Waals surface area contributed by atoms with Crippen LogP contribution >= 0.6 is 0 Å². The third-order valence-corrected chi connectivity index (χ3v) is 14.7. The second-order valence-corrected chi connectivity index (χ2v) is 22.7. The molecule has 0 aliphatic rings. The standard InChI is InChI=1S/C76H128O6/c1-4-7-10-13-16-19-22-24-26-28-30-31-32-33-34-35-36-37-38-39-40-41-42-43-44-45-47-48-50-52-54-57-60-63-66-69-75(78)81-72-73(71-80-74(77)68-65-62-59-56-21-18-15-12-9-6-3)82-76(79)70-67-64-61-58-55-53-51-49-46-29-27-25-23-20-17-14-11-8-5-2/h7,10,12,15-16,19,24,26,30-31,33-34,36-37,39-40,42-43,45,47,73H,4-6,8-9,11,13-14,17-18,20-23,25,27-29,32,35,38,41,44,46,48-72H2,1-3H3/b10-7-,15-12-,19-16-,26-24-,31-30-,34-33-,37-36-,40-39-,43-42-,47-45-. The van der Waals surface area contributed by atoms with Crippen molar-refractivity contribution in [3.05, 3.63) is 122 Å². The van der Waals surface area contributed by atoms with E-state index in [1.807, 2.05) is 0 Å². The number of hydrogen-bond acceptors (Lipinski definition) is 6. The summed E-state index contributed by atoms with van der Waals surface area (Å²) >= 11 is 0. The van der Waals surface area contributed by atoms with Gasteiger partial charge in [0.1, 0.15) is 13.2 Å². The Bertz CT molecular complexity index is 1690. The third-order valence-electron chi connectivity index (χ3n) is 14.7. The number of ether oxygens (including phenoxy) is 3. The summed E-state index contributed by atoms with van der Waals surface area (Å²) in [5, 5.41) is 0. The van der Waals surface area contributed by atoms with Crippen molar-refractivity contribution in [1.82, 2.24) is 0 Å². The highest BCUT2D eigenvalue weighted by Gasteiger charge is 2.19. The number of allylic oxidation sites excluding steroid dienone is 20.